The monoisotopic (exact) mass is 225 g/mol. The van der Waals surface area contributed by atoms with Gasteiger partial charge < -0.3 is 10.1 Å². The first-order valence-corrected chi connectivity index (χ1v) is 6.68. The molecule has 2 nitrogen and oxygen atoms in total. The topological polar surface area (TPSA) is 21.3 Å². The van der Waals surface area contributed by atoms with E-state index in [0.29, 0.717) is 11.3 Å². The molecule has 1 saturated carbocycles. The first-order chi connectivity index (χ1) is 7.27. The van der Waals surface area contributed by atoms with Crippen LogP contribution in [0.15, 0.2) is 0 Å². The van der Waals surface area contributed by atoms with Crippen LogP contribution >= 0.6 is 0 Å². The number of hydrogen-bond acceptors (Lipinski definition) is 2. The minimum Gasteiger partial charge on any atom is -0.366 e. The molecule has 2 aliphatic rings. The van der Waals surface area contributed by atoms with Crippen LogP contribution in [0.25, 0.3) is 0 Å². The van der Waals surface area contributed by atoms with Gasteiger partial charge in [-0.2, -0.15) is 0 Å². The number of morpholine rings is 1. The van der Waals surface area contributed by atoms with Crippen molar-refractivity contribution in [1.82, 2.24) is 5.32 Å². The Morgan fingerprint density at radius 2 is 1.75 bits per heavy atom. The van der Waals surface area contributed by atoms with Crippen molar-refractivity contribution in [2.45, 2.75) is 65.1 Å². The summed E-state index contributed by atoms with van der Waals surface area (Å²) in [6.07, 6.45) is 3.72. The fraction of sp³-hybridized carbons (Fsp3) is 1.00. The summed E-state index contributed by atoms with van der Waals surface area (Å²) in [6, 6.07) is 0. The van der Waals surface area contributed by atoms with Crippen molar-refractivity contribution in [3.05, 3.63) is 0 Å². The highest BCUT2D eigenvalue weighted by molar-refractivity contribution is 5.02. The second-order valence-electron chi connectivity index (χ2n) is 7.20. The van der Waals surface area contributed by atoms with Gasteiger partial charge >= 0.3 is 0 Å². The molecule has 1 saturated heterocycles. The molecule has 1 aliphatic carbocycles. The van der Waals surface area contributed by atoms with Crippen LogP contribution in [0, 0.1) is 11.3 Å². The molecule has 2 atom stereocenters. The van der Waals surface area contributed by atoms with Crippen molar-refractivity contribution >= 4 is 0 Å². The van der Waals surface area contributed by atoms with Crippen LogP contribution < -0.4 is 5.32 Å². The molecule has 0 amide bonds. The van der Waals surface area contributed by atoms with Crippen LogP contribution in [0.3, 0.4) is 0 Å². The summed E-state index contributed by atoms with van der Waals surface area (Å²) >= 11 is 0. The molecule has 1 N–H and O–H groups in total. The SMILES string of the molecule is CC(C)C1(C)CNCC2(CCC(C)(C)C2)O1. The van der Waals surface area contributed by atoms with Gasteiger partial charge in [0.25, 0.3) is 0 Å². The molecule has 2 fully saturated rings. The number of rotatable bonds is 1. The molecule has 0 bridgehead atoms. The average molecular weight is 225 g/mol. The smallest absolute Gasteiger partial charge is 0.0819 e. The van der Waals surface area contributed by atoms with Crippen LogP contribution in [0.4, 0.5) is 0 Å². The molecule has 0 radical (unpaired) electrons. The molecule has 2 heteroatoms. The van der Waals surface area contributed by atoms with Crippen molar-refractivity contribution in [1.29, 1.82) is 0 Å². The highest BCUT2D eigenvalue weighted by atomic mass is 16.5. The summed E-state index contributed by atoms with van der Waals surface area (Å²) in [5.74, 6) is 0.570. The minimum atomic E-state index is 0.0126. The summed E-state index contributed by atoms with van der Waals surface area (Å²) in [6.45, 7) is 13.6. The lowest BCUT2D eigenvalue weighted by molar-refractivity contribution is -0.188. The van der Waals surface area contributed by atoms with Crippen LogP contribution in [0.5, 0.6) is 0 Å². The lowest BCUT2D eigenvalue weighted by Gasteiger charge is -2.48. The summed E-state index contributed by atoms with van der Waals surface area (Å²) < 4.78 is 6.56. The molecule has 16 heavy (non-hydrogen) atoms. The van der Waals surface area contributed by atoms with Crippen molar-refractivity contribution in [3.63, 3.8) is 0 Å². The van der Waals surface area contributed by atoms with E-state index in [0.717, 1.165) is 13.1 Å². The molecule has 2 rings (SSSR count). The van der Waals surface area contributed by atoms with Gasteiger partial charge in [-0.05, 0) is 37.5 Å². The lowest BCUT2D eigenvalue weighted by atomic mass is 9.85. The predicted octanol–water partition coefficient (Wildman–Crippen LogP) is 2.97. The third kappa shape index (κ3) is 2.14. The Morgan fingerprint density at radius 1 is 1.06 bits per heavy atom. The zero-order chi connectivity index (χ0) is 12.0. The number of hydrogen-bond donors (Lipinski definition) is 1. The zero-order valence-electron chi connectivity index (χ0n) is 11.5. The van der Waals surface area contributed by atoms with Crippen LogP contribution in [0.2, 0.25) is 0 Å². The second-order valence-corrected chi connectivity index (χ2v) is 7.20. The number of nitrogens with one attached hydrogen (secondary N) is 1. The maximum absolute atomic E-state index is 6.56. The highest BCUT2D eigenvalue weighted by Gasteiger charge is 2.50. The van der Waals surface area contributed by atoms with Gasteiger partial charge in [0.1, 0.15) is 0 Å². The van der Waals surface area contributed by atoms with Gasteiger partial charge in [-0.3, -0.25) is 0 Å². The summed E-state index contributed by atoms with van der Waals surface area (Å²) in [5, 5.41) is 3.60. The summed E-state index contributed by atoms with van der Waals surface area (Å²) in [5.41, 5.74) is 0.580. The molecule has 0 aromatic rings. The number of ether oxygens (including phenoxy) is 1. The quantitative estimate of drug-likeness (QED) is 0.741. The van der Waals surface area contributed by atoms with E-state index in [4.69, 9.17) is 4.74 Å². The van der Waals surface area contributed by atoms with E-state index in [2.05, 4.69) is 39.9 Å². The fourth-order valence-corrected chi connectivity index (χ4v) is 3.28. The van der Waals surface area contributed by atoms with E-state index in [1.807, 2.05) is 0 Å². The third-order valence-electron chi connectivity index (χ3n) is 4.65. The summed E-state index contributed by atoms with van der Waals surface area (Å²) in [7, 11) is 0. The second kappa shape index (κ2) is 3.71. The van der Waals surface area contributed by atoms with E-state index in [-0.39, 0.29) is 11.2 Å². The Hall–Kier alpha value is -0.0800. The lowest BCUT2D eigenvalue weighted by Crippen LogP contribution is -2.60. The molecule has 2 unspecified atom stereocenters. The molecule has 1 heterocycles. The molecular weight excluding hydrogens is 198 g/mol. The van der Waals surface area contributed by atoms with E-state index in [9.17, 15) is 0 Å². The Balaban J connectivity index is 2.13. The van der Waals surface area contributed by atoms with Crippen LogP contribution in [-0.4, -0.2) is 24.3 Å². The van der Waals surface area contributed by atoms with E-state index in [1.54, 1.807) is 0 Å². The Morgan fingerprint density at radius 3 is 2.25 bits per heavy atom. The Labute approximate surface area is 100 Å². The van der Waals surface area contributed by atoms with E-state index in [1.165, 1.54) is 19.3 Å². The fourth-order valence-electron chi connectivity index (χ4n) is 3.28. The molecular formula is C14H27NO. The maximum atomic E-state index is 6.56. The van der Waals surface area contributed by atoms with Gasteiger partial charge in [0, 0.05) is 13.1 Å². The molecule has 0 aromatic heterocycles. The molecule has 1 aliphatic heterocycles. The standard InChI is InChI=1S/C14H27NO/c1-11(2)13(5)9-15-10-14(16-13)7-6-12(3,4)8-14/h11,15H,6-10H2,1-5H3. The van der Waals surface area contributed by atoms with Gasteiger partial charge in [0.05, 0.1) is 11.2 Å². The van der Waals surface area contributed by atoms with Crippen molar-refractivity contribution in [2.75, 3.05) is 13.1 Å². The van der Waals surface area contributed by atoms with Gasteiger partial charge in [0.2, 0.25) is 0 Å². The normalized spacial score (nSPS) is 43.1. The van der Waals surface area contributed by atoms with E-state index < -0.39 is 0 Å². The van der Waals surface area contributed by atoms with Gasteiger partial charge in [-0.1, -0.05) is 27.7 Å². The highest BCUT2D eigenvalue weighted by Crippen LogP contribution is 2.48. The van der Waals surface area contributed by atoms with Crippen molar-refractivity contribution in [3.8, 4) is 0 Å². The van der Waals surface area contributed by atoms with Crippen molar-refractivity contribution < 1.29 is 4.74 Å². The first kappa shape index (κ1) is 12.4. The Kier molecular flexibility index (Phi) is 2.87. The van der Waals surface area contributed by atoms with Gasteiger partial charge in [-0.15, -0.1) is 0 Å². The first-order valence-electron chi connectivity index (χ1n) is 6.68. The third-order valence-corrected chi connectivity index (χ3v) is 4.65. The van der Waals surface area contributed by atoms with Gasteiger partial charge in [-0.25, -0.2) is 0 Å². The molecule has 1 spiro atoms. The minimum absolute atomic E-state index is 0.0126. The summed E-state index contributed by atoms with van der Waals surface area (Å²) in [4.78, 5) is 0. The van der Waals surface area contributed by atoms with Gasteiger partial charge in [0.15, 0.2) is 0 Å². The van der Waals surface area contributed by atoms with Crippen molar-refractivity contribution in [2.24, 2.45) is 11.3 Å². The molecule has 94 valence electrons. The maximum Gasteiger partial charge on any atom is 0.0819 e. The van der Waals surface area contributed by atoms with E-state index >= 15 is 0 Å². The largest absolute Gasteiger partial charge is 0.366 e. The van der Waals surface area contributed by atoms with Crippen LogP contribution in [0.1, 0.15) is 53.9 Å². The Bertz CT molecular complexity index is 274. The predicted molar refractivity (Wildman–Crippen MR) is 67.6 cm³/mol. The zero-order valence-corrected chi connectivity index (χ0v) is 11.5. The average Bonchev–Trinajstić information content (AvgIpc) is 2.41. The molecule has 0 aromatic carbocycles. The van der Waals surface area contributed by atoms with Crippen LogP contribution in [-0.2, 0) is 4.74 Å².